The second-order valence-corrected chi connectivity index (χ2v) is 21.1. The van der Waals surface area contributed by atoms with Crippen LogP contribution in [0.2, 0.25) is 0 Å². The maximum atomic E-state index is 14.2. The minimum absolute atomic E-state index is 0.0351. The zero-order valence-electron chi connectivity index (χ0n) is 42.0. The second-order valence-electron chi connectivity index (χ2n) is 19.8. The van der Waals surface area contributed by atoms with Gasteiger partial charge in [0, 0.05) is 29.4 Å². The summed E-state index contributed by atoms with van der Waals surface area (Å²) >= 11 is 1.69. The summed E-state index contributed by atoms with van der Waals surface area (Å²) in [5.41, 5.74) is 8.31. The number of allylic oxidation sites excluding steroid dienone is 1. The molecular weight excluding hydrogens is 905 g/mol. The molecule has 71 heavy (non-hydrogen) atoms. The molecule has 0 saturated carbocycles. The quantitative estimate of drug-likeness (QED) is 0.0270. The molecule has 5 aromatic carbocycles. The third-order valence-electron chi connectivity index (χ3n) is 13.6. The van der Waals surface area contributed by atoms with Gasteiger partial charge < -0.3 is 19.5 Å². The van der Waals surface area contributed by atoms with Gasteiger partial charge in [-0.25, -0.2) is 14.4 Å². The fraction of sp³-hybridized carbons (Fsp3) is 0.344. The minimum atomic E-state index is -0.734. The fourth-order valence-corrected chi connectivity index (χ4v) is 11.2. The van der Waals surface area contributed by atoms with Crippen LogP contribution < -0.4 is 5.32 Å². The number of likely N-dealkylation sites (tertiary alicyclic amines) is 1. The summed E-state index contributed by atoms with van der Waals surface area (Å²) in [6, 6.07) is 46.2. The molecule has 10 heteroatoms. The lowest BCUT2D eigenvalue weighted by Gasteiger charge is -2.36. The number of hydrogen-bond acceptors (Lipinski definition) is 8. The van der Waals surface area contributed by atoms with Gasteiger partial charge in [0.2, 0.25) is 5.91 Å². The Morgan fingerprint density at radius 3 is 1.83 bits per heavy atom. The van der Waals surface area contributed by atoms with Gasteiger partial charge in [0.15, 0.2) is 0 Å². The van der Waals surface area contributed by atoms with Crippen LogP contribution in [0.1, 0.15) is 101 Å². The van der Waals surface area contributed by atoms with Crippen molar-refractivity contribution in [3.8, 4) is 11.1 Å². The molecule has 2 aliphatic rings. The highest BCUT2D eigenvalue weighted by atomic mass is 32.2. The molecule has 0 radical (unpaired) electrons. The maximum Gasteiger partial charge on any atom is 0.410 e. The van der Waals surface area contributed by atoms with Crippen molar-refractivity contribution in [2.24, 2.45) is 11.3 Å². The lowest BCUT2D eigenvalue weighted by atomic mass is 9.83. The first-order chi connectivity index (χ1) is 34.2. The number of carbonyl (C=O) groups is 4. The van der Waals surface area contributed by atoms with Gasteiger partial charge in [-0.1, -0.05) is 192 Å². The van der Waals surface area contributed by atoms with E-state index in [0.29, 0.717) is 49.1 Å². The summed E-state index contributed by atoms with van der Waals surface area (Å²) < 4.78 is 17.0. The molecular formula is C61H68N2O7S. The van der Waals surface area contributed by atoms with Gasteiger partial charge in [0.05, 0.1) is 10.8 Å². The number of fused-ring (bicyclic) bond motifs is 3. The first-order valence-electron chi connectivity index (χ1n) is 24.8. The number of ether oxygens (including phenoxy) is 3. The third-order valence-corrected chi connectivity index (χ3v) is 15.2. The molecule has 1 aliphatic heterocycles. The van der Waals surface area contributed by atoms with Gasteiger partial charge in [0.25, 0.3) is 0 Å². The molecule has 1 heterocycles. The molecule has 1 fully saturated rings. The average Bonchev–Trinajstić information content (AvgIpc) is 4.01. The molecule has 2 amide bonds. The summed E-state index contributed by atoms with van der Waals surface area (Å²) in [4.78, 5) is 56.4. The zero-order chi connectivity index (χ0) is 50.5. The van der Waals surface area contributed by atoms with E-state index in [1.807, 2.05) is 106 Å². The Balaban J connectivity index is 1.01. The molecule has 1 saturated heterocycles. The van der Waals surface area contributed by atoms with Crippen LogP contribution in [-0.4, -0.2) is 72.5 Å². The third kappa shape index (κ3) is 12.6. The number of esters is 2. The number of carbonyl (C=O) groups excluding carboxylic acids is 4. The smallest absolute Gasteiger partial charge is 0.410 e. The van der Waals surface area contributed by atoms with Crippen molar-refractivity contribution < 1.29 is 33.4 Å². The Kier molecular flexibility index (Phi) is 17.6. The van der Waals surface area contributed by atoms with Crippen LogP contribution in [0.25, 0.3) is 11.1 Å². The number of benzene rings is 5. The Bertz CT molecular complexity index is 2550. The molecule has 1 N–H and O–H groups in total. The molecule has 9 nitrogen and oxygen atoms in total. The first kappa shape index (κ1) is 52.2. The number of hydrogen-bond donors (Lipinski definition) is 1. The molecule has 1 aliphatic carbocycles. The van der Waals surface area contributed by atoms with E-state index in [0.717, 1.165) is 38.9 Å². The van der Waals surface area contributed by atoms with E-state index in [1.165, 1.54) is 11.0 Å². The van der Waals surface area contributed by atoms with Crippen molar-refractivity contribution >= 4 is 35.7 Å². The predicted molar refractivity (Wildman–Crippen MR) is 285 cm³/mol. The molecule has 0 bridgehead atoms. The van der Waals surface area contributed by atoms with Crippen LogP contribution >= 0.6 is 11.8 Å². The van der Waals surface area contributed by atoms with Crippen molar-refractivity contribution in [1.82, 2.24) is 10.2 Å². The van der Waals surface area contributed by atoms with Crippen molar-refractivity contribution in [3.63, 3.8) is 0 Å². The topological polar surface area (TPSA) is 111 Å². The van der Waals surface area contributed by atoms with Crippen molar-refractivity contribution in [3.05, 3.63) is 203 Å². The van der Waals surface area contributed by atoms with Crippen LogP contribution in [0, 0.1) is 11.3 Å². The van der Waals surface area contributed by atoms with Crippen LogP contribution in [0.3, 0.4) is 0 Å². The van der Waals surface area contributed by atoms with Gasteiger partial charge in [-0.05, 0) is 89.8 Å². The molecule has 370 valence electrons. The van der Waals surface area contributed by atoms with E-state index in [-0.39, 0.29) is 31.0 Å². The molecule has 5 aromatic rings. The lowest BCUT2D eigenvalue weighted by molar-refractivity contribution is -0.160. The number of amides is 2. The highest BCUT2D eigenvalue weighted by molar-refractivity contribution is 8.00. The van der Waals surface area contributed by atoms with E-state index >= 15 is 0 Å². The Morgan fingerprint density at radius 2 is 1.30 bits per heavy atom. The normalized spacial score (nSPS) is 16.3. The van der Waals surface area contributed by atoms with Crippen molar-refractivity contribution in [2.75, 3.05) is 25.5 Å². The number of nitrogens with one attached hydrogen (secondary N) is 1. The number of nitrogens with zero attached hydrogens (tertiary/aromatic N) is 1. The Labute approximate surface area is 424 Å². The average molecular weight is 973 g/mol. The number of thioether (sulfide) groups is 1. The van der Waals surface area contributed by atoms with Gasteiger partial charge >= 0.3 is 18.0 Å². The van der Waals surface area contributed by atoms with E-state index < -0.39 is 46.4 Å². The van der Waals surface area contributed by atoms with Gasteiger partial charge in [-0.15, -0.1) is 11.8 Å². The van der Waals surface area contributed by atoms with Crippen LogP contribution in [0.4, 0.5) is 4.79 Å². The first-order valence-corrected chi connectivity index (χ1v) is 25.8. The largest absolute Gasteiger partial charge is 0.460 e. The van der Waals surface area contributed by atoms with E-state index in [9.17, 15) is 19.2 Å². The van der Waals surface area contributed by atoms with Gasteiger partial charge in [-0.3, -0.25) is 9.69 Å². The van der Waals surface area contributed by atoms with E-state index in [1.54, 1.807) is 31.7 Å². The Hall–Kier alpha value is -6.65. The van der Waals surface area contributed by atoms with E-state index in [4.69, 9.17) is 14.2 Å². The summed E-state index contributed by atoms with van der Waals surface area (Å²) in [7, 11) is 0. The SMILES string of the molecule is C=CCOC(=O)/C(C)=C/[C@@H](CSC(c1ccccc1)(c1ccccc1)c1ccccc1)NC(=O)/C(C)=C/C[C@H](C)C[C@H](OC(=O)[C@@H]1CCCN1C(=O)OCC1c2ccccc2-c2ccccc21)C(C)(C)C. The zero-order valence-corrected chi connectivity index (χ0v) is 42.8. The summed E-state index contributed by atoms with van der Waals surface area (Å²) in [6.07, 6.45) is 6.55. The summed E-state index contributed by atoms with van der Waals surface area (Å²) in [6.45, 7) is 16.1. The molecule has 7 rings (SSSR count). The Morgan fingerprint density at radius 1 is 0.761 bits per heavy atom. The summed E-state index contributed by atoms with van der Waals surface area (Å²) in [5.74, 6) is -0.802. The van der Waals surface area contributed by atoms with Crippen LogP contribution in [-0.2, 0) is 33.3 Å². The monoisotopic (exact) mass is 972 g/mol. The van der Waals surface area contributed by atoms with Crippen molar-refractivity contribution in [1.29, 1.82) is 0 Å². The molecule has 0 unspecified atom stereocenters. The maximum absolute atomic E-state index is 14.2. The van der Waals surface area contributed by atoms with Gasteiger partial charge in [0.1, 0.15) is 25.4 Å². The molecule has 4 atom stereocenters. The van der Waals surface area contributed by atoms with Gasteiger partial charge in [-0.2, -0.15) is 0 Å². The fourth-order valence-electron chi connectivity index (χ4n) is 9.65. The van der Waals surface area contributed by atoms with E-state index in [2.05, 4.69) is 79.5 Å². The molecule has 0 aromatic heterocycles. The molecule has 0 spiro atoms. The van der Waals surface area contributed by atoms with Crippen LogP contribution in [0.15, 0.2) is 175 Å². The highest BCUT2D eigenvalue weighted by Crippen LogP contribution is 2.49. The second kappa shape index (κ2) is 24.0. The van der Waals surface area contributed by atoms with Crippen LogP contribution in [0.5, 0.6) is 0 Å². The minimum Gasteiger partial charge on any atom is -0.460 e. The standard InChI is InChI=1S/C61H68N2O7S/c1-8-37-68-57(65)44(4)39-48(41-71-61(45-23-12-9-13-24-45,46-25-14-10-15-26-46)47-27-16-11-17-28-47)62-56(64)43(3)35-34-42(2)38-55(60(5,6)7)70-58(66)54-33-22-36-63(54)59(67)69-40-53-51-31-20-18-29-49(51)50-30-19-21-32-52(50)53/h8-21,23-32,35,39,42,48,53-55H,1,22,33-34,36-38,40-41H2,2-7H3,(H,62,64)/b43-35+,44-39+/t42-,48-,54-,55-/m0/s1. The lowest BCUT2D eigenvalue weighted by Crippen LogP contribution is -2.45. The number of rotatable bonds is 20. The summed E-state index contributed by atoms with van der Waals surface area (Å²) in [5, 5.41) is 3.23. The predicted octanol–water partition coefficient (Wildman–Crippen LogP) is 12.6. The van der Waals surface area contributed by atoms with Crippen molar-refractivity contribution in [2.45, 2.75) is 96.1 Å². The highest BCUT2D eigenvalue weighted by Gasteiger charge is 2.41.